The van der Waals surface area contributed by atoms with Crippen LogP contribution in [0.3, 0.4) is 0 Å². The lowest BCUT2D eigenvalue weighted by atomic mass is 9.97. The van der Waals surface area contributed by atoms with Crippen molar-refractivity contribution in [1.82, 2.24) is 10.2 Å². The van der Waals surface area contributed by atoms with Crippen molar-refractivity contribution in [1.29, 1.82) is 0 Å². The maximum Gasteiger partial charge on any atom is 0.324 e. The fraction of sp³-hybridized carbons (Fsp3) is 0.0909. The van der Waals surface area contributed by atoms with Gasteiger partial charge < -0.3 is 4.90 Å². The predicted octanol–water partition coefficient (Wildman–Crippen LogP) is 4.50. The molecule has 0 aromatic heterocycles. The topological polar surface area (TPSA) is 49.4 Å². The molecule has 1 heterocycles. The number of benzene rings is 3. The molecule has 28 heavy (non-hydrogen) atoms. The van der Waals surface area contributed by atoms with Gasteiger partial charge in [0, 0.05) is 13.1 Å². The van der Waals surface area contributed by atoms with Gasteiger partial charge in [-0.15, -0.1) is 0 Å². The summed E-state index contributed by atoms with van der Waals surface area (Å²) in [6, 6.07) is 17.8. The highest BCUT2D eigenvalue weighted by molar-refractivity contribution is 6.04. The molecule has 0 unspecified atom stereocenters. The molecule has 0 fully saturated rings. The van der Waals surface area contributed by atoms with Crippen molar-refractivity contribution in [2.75, 3.05) is 0 Å². The van der Waals surface area contributed by atoms with E-state index in [4.69, 9.17) is 0 Å². The molecule has 4 nitrogen and oxygen atoms in total. The highest BCUT2D eigenvalue weighted by Gasteiger charge is 2.25. The number of halogens is 2. The molecule has 0 saturated heterocycles. The molecule has 0 atom stereocenters. The summed E-state index contributed by atoms with van der Waals surface area (Å²) in [6.45, 7) is 0.535. The van der Waals surface area contributed by atoms with Crippen LogP contribution in [0.4, 0.5) is 13.6 Å². The van der Waals surface area contributed by atoms with Gasteiger partial charge in [0.05, 0.1) is 0 Å². The molecule has 1 aliphatic rings. The lowest BCUT2D eigenvalue weighted by Gasteiger charge is -2.21. The van der Waals surface area contributed by atoms with E-state index in [1.807, 2.05) is 48.5 Å². The van der Waals surface area contributed by atoms with Crippen molar-refractivity contribution in [2.24, 2.45) is 0 Å². The van der Waals surface area contributed by atoms with E-state index in [0.29, 0.717) is 0 Å². The number of nitrogens with zero attached hydrogens (tertiary/aromatic N) is 1. The number of carbonyl (C=O) groups excluding carboxylic acids is 2. The predicted molar refractivity (Wildman–Crippen MR) is 100 cm³/mol. The molecule has 4 rings (SSSR count). The minimum absolute atomic E-state index is 0.268. The second-order valence-electron chi connectivity index (χ2n) is 6.53. The highest BCUT2D eigenvalue weighted by atomic mass is 19.1. The Balaban J connectivity index is 1.63. The monoisotopic (exact) mass is 378 g/mol. The van der Waals surface area contributed by atoms with Crippen molar-refractivity contribution in [3.05, 3.63) is 95.1 Å². The Labute approximate surface area is 160 Å². The Kier molecular flexibility index (Phi) is 4.61. The van der Waals surface area contributed by atoms with Crippen molar-refractivity contribution in [2.45, 2.75) is 13.1 Å². The minimum Gasteiger partial charge on any atom is -0.316 e. The van der Waals surface area contributed by atoms with E-state index in [9.17, 15) is 18.4 Å². The molecule has 0 bridgehead atoms. The van der Waals surface area contributed by atoms with Gasteiger partial charge in [0.1, 0.15) is 17.2 Å². The summed E-state index contributed by atoms with van der Waals surface area (Å²) < 4.78 is 27.7. The number of hydrogen-bond donors (Lipinski definition) is 1. The summed E-state index contributed by atoms with van der Waals surface area (Å²) in [6.07, 6.45) is 0. The van der Waals surface area contributed by atoms with Crippen molar-refractivity contribution in [3.8, 4) is 11.1 Å². The Morgan fingerprint density at radius 3 is 1.79 bits per heavy atom. The van der Waals surface area contributed by atoms with E-state index in [0.717, 1.165) is 40.5 Å². The number of carbonyl (C=O) groups is 2. The normalized spacial score (nSPS) is 12.6. The number of fused-ring (bicyclic) bond motifs is 3. The zero-order valence-electron chi connectivity index (χ0n) is 14.8. The number of rotatable bonds is 1. The SMILES string of the molecule is O=C(NC(=O)N1Cc2ccccc2-c2ccccc2C1)c1c(F)cccc1F. The fourth-order valence-electron chi connectivity index (χ4n) is 3.41. The molecular formula is C22H16F2N2O2. The van der Waals surface area contributed by atoms with Gasteiger partial charge >= 0.3 is 6.03 Å². The lowest BCUT2D eigenvalue weighted by Crippen LogP contribution is -2.42. The third-order valence-corrected chi connectivity index (χ3v) is 4.74. The average Bonchev–Trinajstić information content (AvgIpc) is 2.85. The third-order valence-electron chi connectivity index (χ3n) is 4.74. The summed E-state index contributed by atoms with van der Waals surface area (Å²) >= 11 is 0. The van der Waals surface area contributed by atoms with E-state index in [2.05, 4.69) is 5.32 Å². The summed E-state index contributed by atoms with van der Waals surface area (Å²) in [4.78, 5) is 26.4. The van der Waals surface area contributed by atoms with E-state index < -0.39 is 29.1 Å². The number of hydrogen-bond acceptors (Lipinski definition) is 2. The van der Waals surface area contributed by atoms with Crippen LogP contribution in [-0.2, 0) is 13.1 Å². The van der Waals surface area contributed by atoms with Crippen LogP contribution in [-0.4, -0.2) is 16.8 Å². The van der Waals surface area contributed by atoms with Gasteiger partial charge in [-0.25, -0.2) is 13.6 Å². The van der Waals surface area contributed by atoms with Crippen LogP contribution in [0.15, 0.2) is 66.7 Å². The molecule has 1 N–H and O–H groups in total. The quantitative estimate of drug-likeness (QED) is 0.678. The summed E-state index contributed by atoms with van der Waals surface area (Å²) in [7, 11) is 0. The van der Waals surface area contributed by atoms with Crippen LogP contribution >= 0.6 is 0 Å². The molecule has 6 heteroatoms. The highest BCUT2D eigenvalue weighted by Crippen LogP contribution is 2.32. The molecule has 0 spiro atoms. The minimum atomic E-state index is -1.11. The summed E-state index contributed by atoms with van der Waals surface area (Å²) in [5.74, 6) is -3.14. The first-order valence-corrected chi connectivity index (χ1v) is 8.75. The van der Waals surface area contributed by atoms with Crippen LogP contribution in [0.5, 0.6) is 0 Å². The number of amides is 3. The van der Waals surface area contributed by atoms with Crippen LogP contribution in [0, 0.1) is 11.6 Å². The lowest BCUT2D eigenvalue weighted by molar-refractivity contribution is 0.0941. The zero-order valence-corrected chi connectivity index (χ0v) is 14.8. The summed E-state index contributed by atoms with van der Waals surface area (Å²) in [5.41, 5.74) is 3.10. The van der Waals surface area contributed by atoms with Gasteiger partial charge in [-0.05, 0) is 34.4 Å². The zero-order chi connectivity index (χ0) is 19.7. The number of imide groups is 1. The Hall–Kier alpha value is -3.54. The molecular weight excluding hydrogens is 362 g/mol. The first-order valence-electron chi connectivity index (χ1n) is 8.75. The van der Waals surface area contributed by atoms with Crippen LogP contribution in [0.25, 0.3) is 11.1 Å². The van der Waals surface area contributed by atoms with Crippen molar-refractivity contribution >= 4 is 11.9 Å². The van der Waals surface area contributed by atoms with Gasteiger partial charge in [-0.1, -0.05) is 54.6 Å². The largest absolute Gasteiger partial charge is 0.324 e. The first kappa shape index (κ1) is 17.9. The van der Waals surface area contributed by atoms with E-state index >= 15 is 0 Å². The van der Waals surface area contributed by atoms with Gasteiger partial charge in [0.2, 0.25) is 0 Å². The van der Waals surface area contributed by atoms with E-state index in [1.165, 1.54) is 4.90 Å². The Morgan fingerprint density at radius 2 is 1.25 bits per heavy atom. The molecule has 1 aliphatic heterocycles. The maximum absolute atomic E-state index is 13.8. The molecule has 3 aromatic carbocycles. The van der Waals surface area contributed by atoms with Gasteiger partial charge in [-0.3, -0.25) is 10.1 Å². The molecule has 140 valence electrons. The maximum atomic E-state index is 13.8. The second kappa shape index (κ2) is 7.23. The average molecular weight is 378 g/mol. The molecule has 3 aromatic rings. The third kappa shape index (κ3) is 3.24. The number of urea groups is 1. The van der Waals surface area contributed by atoms with Crippen LogP contribution in [0.2, 0.25) is 0 Å². The molecule has 0 radical (unpaired) electrons. The second-order valence-corrected chi connectivity index (χ2v) is 6.53. The molecule has 0 aliphatic carbocycles. The van der Waals surface area contributed by atoms with Crippen LogP contribution in [0.1, 0.15) is 21.5 Å². The van der Waals surface area contributed by atoms with Gasteiger partial charge in [0.25, 0.3) is 5.91 Å². The first-order chi connectivity index (χ1) is 13.5. The van der Waals surface area contributed by atoms with Gasteiger partial charge in [0.15, 0.2) is 0 Å². The Bertz CT molecular complexity index is 1010. The van der Waals surface area contributed by atoms with E-state index in [-0.39, 0.29) is 13.1 Å². The standard InChI is InChI=1S/C22H16F2N2O2/c23-18-10-5-11-19(24)20(18)21(27)25-22(28)26-12-14-6-1-3-8-16(14)17-9-4-2-7-15(17)13-26/h1-11H,12-13H2,(H,25,27,28). The Morgan fingerprint density at radius 1 is 0.750 bits per heavy atom. The summed E-state index contributed by atoms with van der Waals surface area (Å²) in [5, 5.41) is 2.11. The van der Waals surface area contributed by atoms with Crippen molar-refractivity contribution < 1.29 is 18.4 Å². The smallest absolute Gasteiger partial charge is 0.316 e. The van der Waals surface area contributed by atoms with Crippen molar-refractivity contribution in [3.63, 3.8) is 0 Å². The van der Waals surface area contributed by atoms with E-state index in [1.54, 1.807) is 0 Å². The molecule has 0 saturated carbocycles. The molecule has 3 amide bonds. The fourth-order valence-corrected chi connectivity index (χ4v) is 3.41. The van der Waals surface area contributed by atoms with Gasteiger partial charge in [-0.2, -0.15) is 0 Å². The number of nitrogens with one attached hydrogen (secondary N) is 1. The van der Waals surface area contributed by atoms with Crippen LogP contribution < -0.4 is 5.32 Å².